The summed E-state index contributed by atoms with van der Waals surface area (Å²) in [5.41, 5.74) is 0. The number of amides is 1. The first kappa shape index (κ1) is 13.8. The molecule has 0 radical (unpaired) electrons. The fourth-order valence-corrected chi connectivity index (χ4v) is 2.51. The highest BCUT2D eigenvalue weighted by Gasteiger charge is 2.31. The van der Waals surface area contributed by atoms with Crippen LogP contribution in [0.3, 0.4) is 0 Å². The molecule has 0 aliphatic carbocycles. The zero-order valence-electron chi connectivity index (χ0n) is 10.2. The van der Waals surface area contributed by atoms with Crippen molar-refractivity contribution in [2.45, 2.75) is 39.2 Å². The average Bonchev–Trinajstić information content (AvgIpc) is 2.15. The third kappa shape index (κ3) is 2.89. The molecule has 0 aromatic heterocycles. The van der Waals surface area contributed by atoms with Gasteiger partial charge in [-0.25, -0.2) is 0 Å². The molecule has 2 aliphatic rings. The highest BCUT2D eigenvalue weighted by molar-refractivity contribution is 5.85. The molecule has 0 aromatic rings. The van der Waals surface area contributed by atoms with Gasteiger partial charge in [0.05, 0.1) is 6.04 Å². The summed E-state index contributed by atoms with van der Waals surface area (Å²) in [4.78, 5) is 14.0. The van der Waals surface area contributed by atoms with E-state index in [2.05, 4.69) is 24.1 Å². The Morgan fingerprint density at radius 2 is 1.81 bits per heavy atom. The van der Waals surface area contributed by atoms with E-state index in [0.29, 0.717) is 5.91 Å². The van der Waals surface area contributed by atoms with E-state index in [1.165, 1.54) is 12.8 Å². The predicted molar refractivity (Wildman–Crippen MR) is 67.8 cm³/mol. The number of rotatable bonds is 2. The molecule has 1 amide bonds. The number of piperidine rings is 1. The van der Waals surface area contributed by atoms with E-state index < -0.39 is 0 Å². The zero-order valence-corrected chi connectivity index (χ0v) is 11.1. The Hall–Kier alpha value is -0.280. The Morgan fingerprint density at radius 3 is 2.19 bits per heavy atom. The molecular weight excluding hydrogens is 224 g/mol. The highest BCUT2D eigenvalue weighted by atomic mass is 35.5. The summed E-state index contributed by atoms with van der Waals surface area (Å²) in [6.07, 6.45) is 3.41. The smallest absolute Gasteiger partial charge is 0.239 e. The second-order valence-electron chi connectivity index (χ2n) is 5.20. The lowest BCUT2D eigenvalue weighted by molar-refractivity contribution is -0.136. The fourth-order valence-electron chi connectivity index (χ4n) is 2.51. The molecule has 0 unspecified atom stereocenters. The van der Waals surface area contributed by atoms with Gasteiger partial charge in [0.2, 0.25) is 5.91 Å². The van der Waals surface area contributed by atoms with Gasteiger partial charge in [0.1, 0.15) is 0 Å². The number of hydrogen-bond donors (Lipinski definition) is 1. The SMILES string of the molecule is CC(C)C1CCN(C(=O)[C@H]2CCN2)CC1.Cl. The first-order valence-electron chi connectivity index (χ1n) is 6.20. The van der Waals surface area contributed by atoms with Gasteiger partial charge in [0.25, 0.3) is 0 Å². The van der Waals surface area contributed by atoms with Crippen LogP contribution in [0.1, 0.15) is 33.1 Å². The Labute approximate surface area is 104 Å². The summed E-state index contributed by atoms with van der Waals surface area (Å²) in [6.45, 7) is 7.53. The monoisotopic (exact) mass is 246 g/mol. The van der Waals surface area contributed by atoms with Gasteiger partial charge in [-0.1, -0.05) is 13.8 Å². The maximum Gasteiger partial charge on any atom is 0.239 e. The number of halogens is 1. The molecule has 0 saturated carbocycles. The normalized spacial score (nSPS) is 26.2. The number of nitrogens with zero attached hydrogens (tertiary/aromatic N) is 1. The molecule has 16 heavy (non-hydrogen) atoms. The molecule has 4 heteroatoms. The van der Waals surface area contributed by atoms with Gasteiger partial charge in [-0.15, -0.1) is 12.4 Å². The van der Waals surface area contributed by atoms with Crippen LogP contribution in [0, 0.1) is 11.8 Å². The first-order chi connectivity index (χ1) is 7.18. The van der Waals surface area contributed by atoms with E-state index in [4.69, 9.17) is 0 Å². The topological polar surface area (TPSA) is 32.3 Å². The van der Waals surface area contributed by atoms with E-state index in [1.54, 1.807) is 0 Å². The van der Waals surface area contributed by atoms with Gasteiger partial charge in [-0.3, -0.25) is 4.79 Å². The van der Waals surface area contributed by atoms with Crippen LogP contribution in [0.5, 0.6) is 0 Å². The number of carbonyl (C=O) groups excluding carboxylic acids is 1. The molecular formula is C12H23ClN2O. The zero-order chi connectivity index (χ0) is 10.8. The van der Waals surface area contributed by atoms with Gasteiger partial charge in [0.15, 0.2) is 0 Å². The van der Waals surface area contributed by atoms with Crippen LogP contribution >= 0.6 is 12.4 Å². The number of likely N-dealkylation sites (tertiary alicyclic amines) is 1. The Bertz CT molecular complexity index is 233. The fraction of sp³-hybridized carbons (Fsp3) is 0.917. The molecule has 94 valence electrons. The van der Waals surface area contributed by atoms with Gasteiger partial charge in [-0.2, -0.15) is 0 Å². The minimum atomic E-state index is 0. The molecule has 2 saturated heterocycles. The second kappa shape index (κ2) is 5.87. The van der Waals surface area contributed by atoms with Crippen LogP contribution in [0.25, 0.3) is 0 Å². The summed E-state index contributed by atoms with van der Waals surface area (Å²) in [6, 6.07) is 0.139. The van der Waals surface area contributed by atoms with Gasteiger partial charge < -0.3 is 10.2 Å². The van der Waals surface area contributed by atoms with Crippen molar-refractivity contribution in [1.29, 1.82) is 0 Å². The van der Waals surface area contributed by atoms with Gasteiger partial charge in [-0.05, 0) is 37.6 Å². The van der Waals surface area contributed by atoms with Crippen LogP contribution in [-0.4, -0.2) is 36.5 Å². The van der Waals surface area contributed by atoms with Gasteiger partial charge in [0, 0.05) is 13.1 Å². The molecule has 2 fully saturated rings. The Morgan fingerprint density at radius 1 is 1.25 bits per heavy atom. The van der Waals surface area contributed by atoms with Crippen molar-refractivity contribution in [2.24, 2.45) is 11.8 Å². The van der Waals surface area contributed by atoms with Crippen molar-refractivity contribution >= 4 is 18.3 Å². The van der Waals surface area contributed by atoms with E-state index in [1.807, 2.05) is 0 Å². The van der Waals surface area contributed by atoms with Crippen molar-refractivity contribution < 1.29 is 4.79 Å². The maximum atomic E-state index is 11.9. The summed E-state index contributed by atoms with van der Waals surface area (Å²) >= 11 is 0. The second-order valence-corrected chi connectivity index (χ2v) is 5.20. The Kier molecular flexibility index (Phi) is 5.06. The van der Waals surface area contributed by atoms with E-state index in [9.17, 15) is 4.79 Å². The third-order valence-electron chi connectivity index (χ3n) is 3.92. The molecule has 0 bridgehead atoms. The molecule has 2 aliphatic heterocycles. The summed E-state index contributed by atoms with van der Waals surface area (Å²) in [7, 11) is 0. The quantitative estimate of drug-likeness (QED) is 0.804. The van der Waals surface area contributed by atoms with Crippen LogP contribution in [0.15, 0.2) is 0 Å². The molecule has 2 rings (SSSR count). The lowest BCUT2D eigenvalue weighted by Crippen LogP contribution is -2.55. The summed E-state index contributed by atoms with van der Waals surface area (Å²) in [5.74, 6) is 1.93. The molecule has 3 nitrogen and oxygen atoms in total. The highest BCUT2D eigenvalue weighted by Crippen LogP contribution is 2.25. The minimum Gasteiger partial charge on any atom is -0.341 e. The standard InChI is InChI=1S/C12H22N2O.ClH/c1-9(2)10-4-7-14(8-5-10)12(15)11-3-6-13-11;/h9-11,13H,3-8H2,1-2H3;1H/t11-;/m1./s1. The first-order valence-corrected chi connectivity index (χ1v) is 6.20. The Balaban J connectivity index is 0.00000128. The minimum absolute atomic E-state index is 0. The number of hydrogen-bond acceptors (Lipinski definition) is 2. The molecule has 0 spiro atoms. The van der Waals surface area contributed by atoms with Crippen molar-refractivity contribution in [2.75, 3.05) is 19.6 Å². The molecule has 2 heterocycles. The lowest BCUT2D eigenvalue weighted by Gasteiger charge is -2.38. The van der Waals surface area contributed by atoms with E-state index in [0.717, 1.165) is 37.9 Å². The predicted octanol–water partition coefficient (Wildman–Crippen LogP) is 1.66. The van der Waals surface area contributed by atoms with Crippen molar-refractivity contribution in [1.82, 2.24) is 10.2 Å². The molecule has 0 aromatic carbocycles. The van der Waals surface area contributed by atoms with Crippen LogP contribution in [-0.2, 0) is 4.79 Å². The number of carbonyl (C=O) groups is 1. The van der Waals surface area contributed by atoms with Crippen molar-refractivity contribution in [3.05, 3.63) is 0 Å². The average molecular weight is 247 g/mol. The van der Waals surface area contributed by atoms with Gasteiger partial charge >= 0.3 is 0 Å². The van der Waals surface area contributed by atoms with E-state index in [-0.39, 0.29) is 18.4 Å². The van der Waals surface area contributed by atoms with Crippen LogP contribution < -0.4 is 5.32 Å². The van der Waals surface area contributed by atoms with Crippen LogP contribution in [0.4, 0.5) is 0 Å². The lowest BCUT2D eigenvalue weighted by atomic mass is 9.86. The van der Waals surface area contributed by atoms with Crippen molar-refractivity contribution in [3.63, 3.8) is 0 Å². The third-order valence-corrected chi connectivity index (χ3v) is 3.92. The summed E-state index contributed by atoms with van der Waals surface area (Å²) < 4.78 is 0. The number of nitrogens with one attached hydrogen (secondary N) is 1. The van der Waals surface area contributed by atoms with E-state index >= 15 is 0 Å². The maximum absolute atomic E-state index is 11.9. The van der Waals surface area contributed by atoms with Crippen molar-refractivity contribution in [3.8, 4) is 0 Å². The molecule has 1 N–H and O–H groups in total. The summed E-state index contributed by atoms with van der Waals surface area (Å²) in [5, 5.41) is 3.19. The molecule has 1 atom stereocenters. The largest absolute Gasteiger partial charge is 0.341 e. The van der Waals surface area contributed by atoms with Crippen LogP contribution in [0.2, 0.25) is 0 Å².